The van der Waals surface area contributed by atoms with Crippen LogP contribution in [0.25, 0.3) is 0 Å². The zero-order valence-corrected chi connectivity index (χ0v) is 16.3. The van der Waals surface area contributed by atoms with Gasteiger partial charge in [0.1, 0.15) is 18.6 Å². The van der Waals surface area contributed by atoms with Crippen LogP contribution in [-0.2, 0) is 19.2 Å². The Bertz CT molecular complexity index is 742. The summed E-state index contributed by atoms with van der Waals surface area (Å²) >= 11 is 1.11. The number of nitrogens with one attached hydrogen (secondary N) is 2. The highest BCUT2D eigenvalue weighted by Crippen LogP contribution is 2.09. The lowest BCUT2D eigenvalue weighted by Crippen LogP contribution is -2.49. The first-order chi connectivity index (χ1) is 13.7. The molecule has 0 aliphatic carbocycles. The number of nitrogens with two attached hydrogens (primary N) is 1. The zero-order valence-electron chi connectivity index (χ0n) is 15.5. The van der Waals surface area contributed by atoms with Crippen molar-refractivity contribution < 1.29 is 34.2 Å². The van der Waals surface area contributed by atoms with Gasteiger partial charge in [-0.15, -0.1) is 0 Å². The fourth-order valence-electron chi connectivity index (χ4n) is 2.12. The molecule has 0 radical (unpaired) electrons. The van der Waals surface area contributed by atoms with Crippen molar-refractivity contribution in [2.45, 2.75) is 24.9 Å². The summed E-state index contributed by atoms with van der Waals surface area (Å²) in [5.41, 5.74) is 5.85. The molecule has 0 aliphatic rings. The SMILES string of the molecule is N[C@@H](CCC(=O)NC(CSCC(=O)c1ccccc1)C(=O)NCC(=O)O)C(=O)O. The third kappa shape index (κ3) is 9.72. The number of benzene rings is 1. The average molecular weight is 425 g/mol. The summed E-state index contributed by atoms with van der Waals surface area (Å²) in [5, 5.41) is 22.0. The van der Waals surface area contributed by atoms with Gasteiger partial charge in [0.05, 0.1) is 5.75 Å². The van der Waals surface area contributed by atoms with Crippen LogP contribution < -0.4 is 16.4 Å². The molecule has 0 aliphatic heterocycles. The van der Waals surface area contributed by atoms with Gasteiger partial charge in [-0.1, -0.05) is 30.3 Å². The highest BCUT2D eigenvalue weighted by atomic mass is 32.2. The molecule has 6 N–H and O–H groups in total. The van der Waals surface area contributed by atoms with Crippen molar-refractivity contribution in [2.75, 3.05) is 18.1 Å². The number of ketones is 1. The van der Waals surface area contributed by atoms with Crippen molar-refractivity contribution >= 4 is 41.3 Å². The third-order valence-corrected chi connectivity index (χ3v) is 4.71. The molecule has 0 fully saturated rings. The number of hydrogen-bond acceptors (Lipinski definition) is 7. The lowest BCUT2D eigenvalue weighted by atomic mass is 10.1. The van der Waals surface area contributed by atoms with Crippen LogP contribution >= 0.6 is 11.8 Å². The quantitative estimate of drug-likeness (QED) is 0.260. The minimum absolute atomic E-state index is 0.0285. The number of Topliss-reactive ketones (excluding diaryl/α,β-unsaturated/α-hetero) is 1. The summed E-state index contributed by atoms with van der Waals surface area (Å²) in [6.07, 6.45) is -0.339. The number of aliphatic carboxylic acids is 2. The maximum absolute atomic E-state index is 12.2. The Hall–Kier alpha value is -2.92. The maximum atomic E-state index is 12.2. The minimum Gasteiger partial charge on any atom is -0.480 e. The highest BCUT2D eigenvalue weighted by molar-refractivity contribution is 8.00. The predicted octanol–water partition coefficient (Wildman–Crippen LogP) is -0.520. The highest BCUT2D eigenvalue weighted by Gasteiger charge is 2.23. The largest absolute Gasteiger partial charge is 0.480 e. The van der Waals surface area contributed by atoms with E-state index < -0.39 is 42.4 Å². The molecule has 0 heterocycles. The summed E-state index contributed by atoms with van der Waals surface area (Å²) < 4.78 is 0. The van der Waals surface area contributed by atoms with Gasteiger partial charge in [-0.2, -0.15) is 11.8 Å². The van der Waals surface area contributed by atoms with Crippen molar-refractivity contribution in [3.8, 4) is 0 Å². The molecular weight excluding hydrogens is 402 g/mol. The second-order valence-electron chi connectivity index (χ2n) is 6.02. The minimum atomic E-state index is -1.25. The fraction of sp³-hybridized carbons (Fsp3) is 0.389. The van der Waals surface area contributed by atoms with Crippen LogP contribution in [0.3, 0.4) is 0 Å². The Morgan fingerprint density at radius 1 is 1.07 bits per heavy atom. The molecule has 0 saturated heterocycles. The van der Waals surface area contributed by atoms with Crippen LogP contribution in [0, 0.1) is 0 Å². The van der Waals surface area contributed by atoms with Crippen LogP contribution in [0.4, 0.5) is 0 Å². The number of hydrogen-bond donors (Lipinski definition) is 5. The fourth-order valence-corrected chi connectivity index (χ4v) is 3.06. The first kappa shape index (κ1) is 24.1. The van der Waals surface area contributed by atoms with Gasteiger partial charge in [-0.3, -0.25) is 24.0 Å². The van der Waals surface area contributed by atoms with Crippen LogP contribution in [-0.4, -0.2) is 69.9 Å². The first-order valence-corrected chi connectivity index (χ1v) is 9.79. The van der Waals surface area contributed by atoms with Gasteiger partial charge in [0.2, 0.25) is 11.8 Å². The van der Waals surface area contributed by atoms with Crippen molar-refractivity contribution in [2.24, 2.45) is 5.73 Å². The van der Waals surface area contributed by atoms with E-state index in [-0.39, 0.29) is 30.1 Å². The molecule has 158 valence electrons. The maximum Gasteiger partial charge on any atom is 0.322 e. The monoisotopic (exact) mass is 425 g/mol. The van der Waals surface area contributed by atoms with Gasteiger partial charge in [0, 0.05) is 17.7 Å². The number of carboxylic acids is 2. The second kappa shape index (κ2) is 12.5. The number of thioether (sulfide) groups is 1. The Morgan fingerprint density at radius 2 is 1.72 bits per heavy atom. The Kier molecular flexibility index (Phi) is 10.4. The molecule has 0 aromatic heterocycles. The summed E-state index contributed by atoms with van der Waals surface area (Å²) in [6, 6.07) is 6.25. The van der Waals surface area contributed by atoms with Crippen molar-refractivity contribution in [3.63, 3.8) is 0 Å². The normalized spacial score (nSPS) is 12.4. The zero-order chi connectivity index (χ0) is 21.8. The lowest BCUT2D eigenvalue weighted by molar-refractivity contribution is -0.139. The van der Waals surface area contributed by atoms with E-state index in [1.165, 1.54) is 0 Å². The van der Waals surface area contributed by atoms with E-state index in [0.717, 1.165) is 11.8 Å². The smallest absolute Gasteiger partial charge is 0.322 e. The molecule has 1 aromatic carbocycles. The molecule has 1 unspecified atom stereocenters. The molecule has 2 amide bonds. The standard InChI is InChI=1S/C18H23N3O7S/c19-12(18(27)28)6-7-15(23)21-13(17(26)20-8-16(24)25)9-29-10-14(22)11-4-2-1-3-5-11/h1-5,12-13H,6-10,19H2,(H,20,26)(H,21,23)(H,24,25)(H,27,28)/t12-,13?/m0/s1. The number of rotatable bonds is 13. The van der Waals surface area contributed by atoms with Crippen LogP contribution in [0.2, 0.25) is 0 Å². The van der Waals surface area contributed by atoms with E-state index in [2.05, 4.69) is 10.6 Å². The number of carbonyl (C=O) groups is 5. The van der Waals surface area contributed by atoms with E-state index in [1.54, 1.807) is 30.3 Å². The van der Waals surface area contributed by atoms with E-state index >= 15 is 0 Å². The molecule has 2 atom stereocenters. The van der Waals surface area contributed by atoms with Gasteiger partial charge in [-0.25, -0.2) is 0 Å². The molecule has 10 nitrogen and oxygen atoms in total. The van der Waals surface area contributed by atoms with E-state index in [4.69, 9.17) is 15.9 Å². The van der Waals surface area contributed by atoms with Gasteiger partial charge in [-0.05, 0) is 6.42 Å². The van der Waals surface area contributed by atoms with Crippen LogP contribution in [0.1, 0.15) is 23.2 Å². The lowest BCUT2D eigenvalue weighted by Gasteiger charge is -2.18. The molecule has 0 saturated carbocycles. The molecule has 0 bridgehead atoms. The topological polar surface area (TPSA) is 176 Å². The summed E-state index contributed by atoms with van der Waals surface area (Å²) in [6.45, 7) is -0.622. The Labute approximate surface area is 171 Å². The van der Waals surface area contributed by atoms with E-state index in [1.807, 2.05) is 0 Å². The number of carboxylic acid groups (broad SMARTS) is 2. The van der Waals surface area contributed by atoms with Crippen LogP contribution in [0.5, 0.6) is 0 Å². The summed E-state index contributed by atoms with van der Waals surface area (Å²) in [5.74, 6) is -3.88. The van der Waals surface area contributed by atoms with Gasteiger partial charge in [0.15, 0.2) is 5.78 Å². The Morgan fingerprint density at radius 3 is 2.31 bits per heavy atom. The van der Waals surface area contributed by atoms with Gasteiger partial charge < -0.3 is 26.6 Å². The van der Waals surface area contributed by atoms with Crippen LogP contribution in [0.15, 0.2) is 30.3 Å². The van der Waals surface area contributed by atoms with E-state index in [0.29, 0.717) is 5.56 Å². The number of carbonyl (C=O) groups excluding carboxylic acids is 3. The Balaban J connectivity index is 2.61. The van der Waals surface area contributed by atoms with E-state index in [9.17, 15) is 24.0 Å². The summed E-state index contributed by atoms with van der Waals surface area (Å²) in [4.78, 5) is 57.6. The van der Waals surface area contributed by atoms with Crippen molar-refractivity contribution in [1.29, 1.82) is 0 Å². The summed E-state index contributed by atoms with van der Waals surface area (Å²) in [7, 11) is 0. The van der Waals surface area contributed by atoms with Gasteiger partial charge >= 0.3 is 11.9 Å². The van der Waals surface area contributed by atoms with Gasteiger partial charge in [0.25, 0.3) is 0 Å². The predicted molar refractivity (Wildman–Crippen MR) is 106 cm³/mol. The second-order valence-corrected chi connectivity index (χ2v) is 7.05. The number of amides is 2. The molecule has 11 heteroatoms. The molecule has 1 rings (SSSR count). The molecular formula is C18H23N3O7S. The van der Waals surface area contributed by atoms with Crippen molar-refractivity contribution in [1.82, 2.24) is 10.6 Å². The third-order valence-electron chi connectivity index (χ3n) is 3.68. The van der Waals surface area contributed by atoms with Crippen molar-refractivity contribution in [3.05, 3.63) is 35.9 Å². The molecule has 29 heavy (non-hydrogen) atoms. The molecule has 1 aromatic rings. The molecule has 0 spiro atoms. The average Bonchev–Trinajstić information content (AvgIpc) is 2.69. The first-order valence-electron chi connectivity index (χ1n) is 8.64.